The summed E-state index contributed by atoms with van der Waals surface area (Å²) in [7, 11) is 0. The fourth-order valence-corrected chi connectivity index (χ4v) is 3.24. The molecule has 6 heteroatoms. The normalized spacial score (nSPS) is 18.3. The van der Waals surface area contributed by atoms with Crippen LogP contribution in [0.25, 0.3) is 11.3 Å². The van der Waals surface area contributed by atoms with E-state index in [9.17, 15) is 4.39 Å². The zero-order valence-electron chi connectivity index (χ0n) is 13.3. The zero-order valence-corrected chi connectivity index (χ0v) is 13.3. The summed E-state index contributed by atoms with van der Waals surface area (Å²) in [5, 5.41) is 4.29. The molecule has 1 aliphatic heterocycles. The van der Waals surface area contributed by atoms with Gasteiger partial charge in [-0.2, -0.15) is 5.10 Å². The maximum atomic E-state index is 13.0. The van der Waals surface area contributed by atoms with Crippen LogP contribution in [-0.4, -0.2) is 32.3 Å². The Morgan fingerprint density at radius 3 is 2.92 bits per heavy atom. The van der Waals surface area contributed by atoms with Crippen LogP contribution < -0.4 is 0 Å². The van der Waals surface area contributed by atoms with Crippen LogP contribution in [0.2, 0.25) is 0 Å². The molecule has 1 fully saturated rings. The first-order valence-corrected chi connectivity index (χ1v) is 8.20. The highest BCUT2D eigenvalue weighted by atomic mass is 19.1. The maximum absolute atomic E-state index is 13.0. The van der Waals surface area contributed by atoms with Gasteiger partial charge in [-0.15, -0.1) is 0 Å². The van der Waals surface area contributed by atoms with Crippen LogP contribution in [0.3, 0.4) is 0 Å². The van der Waals surface area contributed by atoms with Crippen LogP contribution in [0.1, 0.15) is 18.7 Å². The molecule has 3 aromatic rings. The molecule has 0 bridgehead atoms. The topological polar surface area (TPSA) is 47.1 Å². The first kappa shape index (κ1) is 15.1. The lowest BCUT2D eigenvalue weighted by Gasteiger charge is -2.22. The Morgan fingerprint density at radius 2 is 2.12 bits per heavy atom. The average molecular weight is 326 g/mol. The number of hydrogen-bond donors (Lipinski definition) is 0. The molecule has 0 unspecified atom stereocenters. The third-order valence-corrected chi connectivity index (χ3v) is 4.48. The van der Waals surface area contributed by atoms with Crippen molar-refractivity contribution in [2.24, 2.45) is 0 Å². The molecule has 3 heterocycles. The van der Waals surface area contributed by atoms with Crippen molar-refractivity contribution in [3.05, 3.63) is 60.6 Å². The summed E-state index contributed by atoms with van der Waals surface area (Å²) in [5.74, 6) is 1.12. The minimum atomic E-state index is -0.253. The molecule has 5 nitrogen and oxygen atoms in total. The van der Waals surface area contributed by atoms with E-state index >= 15 is 0 Å². The Bertz CT molecular complexity index is 782. The molecule has 0 amide bonds. The molecule has 1 saturated heterocycles. The maximum Gasteiger partial charge on any atom is 0.209 e. The van der Waals surface area contributed by atoms with E-state index in [1.807, 2.05) is 23.1 Å². The second kappa shape index (κ2) is 6.57. The molecule has 0 saturated carbocycles. The van der Waals surface area contributed by atoms with E-state index in [1.165, 1.54) is 18.6 Å². The minimum Gasteiger partial charge on any atom is -0.439 e. The van der Waals surface area contributed by atoms with Crippen molar-refractivity contribution in [1.29, 1.82) is 0 Å². The molecule has 0 radical (unpaired) electrons. The SMILES string of the molecule is Fc1ccc(-c2cnc(CN3CCC[C@H]3Cn3cccn3)o2)cc1. The van der Waals surface area contributed by atoms with E-state index in [2.05, 4.69) is 15.0 Å². The smallest absolute Gasteiger partial charge is 0.209 e. The van der Waals surface area contributed by atoms with Crippen molar-refractivity contribution in [3.8, 4) is 11.3 Å². The summed E-state index contributed by atoms with van der Waals surface area (Å²) in [4.78, 5) is 6.78. The van der Waals surface area contributed by atoms with Gasteiger partial charge in [0.2, 0.25) is 5.89 Å². The summed E-state index contributed by atoms with van der Waals surface area (Å²) in [6.07, 6.45) is 7.85. The molecule has 2 aromatic heterocycles. The molecule has 24 heavy (non-hydrogen) atoms. The quantitative estimate of drug-likeness (QED) is 0.721. The monoisotopic (exact) mass is 326 g/mol. The highest BCUT2D eigenvalue weighted by molar-refractivity contribution is 5.55. The van der Waals surface area contributed by atoms with Gasteiger partial charge in [-0.3, -0.25) is 9.58 Å². The van der Waals surface area contributed by atoms with Crippen molar-refractivity contribution in [1.82, 2.24) is 19.7 Å². The van der Waals surface area contributed by atoms with Gasteiger partial charge in [-0.05, 0) is 49.7 Å². The Morgan fingerprint density at radius 1 is 1.25 bits per heavy atom. The van der Waals surface area contributed by atoms with E-state index < -0.39 is 0 Å². The molecule has 1 aliphatic rings. The van der Waals surface area contributed by atoms with Crippen molar-refractivity contribution in [3.63, 3.8) is 0 Å². The van der Waals surface area contributed by atoms with Crippen LogP contribution in [-0.2, 0) is 13.1 Å². The van der Waals surface area contributed by atoms with Gasteiger partial charge in [0, 0.05) is 24.0 Å². The van der Waals surface area contributed by atoms with Gasteiger partial charge in [0.1, 0.15) is 5.82 Å². The van der Waals surface area contributed by atoms with E-state index in [0.29, 0.717) is 24.2 Å². The predicted octanol–water partition coefficient (Wildman–Crippen LogP) is 3.34. The van der Waals surface area contributed by atoms with Gasteiger partial charge in [0.25, 0.3) is 0 Å². The minimum absolute atomic E-state index is 0.253. The van der Waals surface area contributed by atoms with Crippen molar-refractivity contribution in [2.45, 2.75) is 32.0 Å². The number of benzene rings is 1. The number of hydrogen-bond acceptors (Lipinski definition) is 4. The van der Waals surface area contributed by atoms with E-state index in [1.54, 1.807) is 18.3 Å². The second-order valence-electron chi connectivity index (χ2n) is 6.12. The third-order valence-electron chi connectivity index (χ3n) is 4.48. The number of nitrogens with zero attached hydrogens (tertiary/aromatic N) is 4. The van der Waals surface area contributed by atoms with Crippen LogP contribution in [0.5, 0.6) is 0 Å². The Kier molecular flexibility index (Phi) is 4.13. The molecular formula is C18H19FN4O. The molecular weight excluding hydrogens is 307 g/mol. The zero-order chi connectivity index (χ0) is 16.4. The standard InChI is InChI=1S/C18H19FN4O/c19-15-6-4-14(5-7-15)17-11-20-18(24-17)13-22-9-1-3-16(22)12-23-10-2-8-21-23/h2,4-8,10-11,16H,1,3,9,12-13H2/t16-/m0/s1. The molecule has 0 aliphatic carbocycles. The summed E-state index contributed by atoms with van der Waals surface area (Å²) < 4.78 is 20.8. The lowest BCUT2D eigenvalue weighted by molar-refractivity contribution is 0.200. The van der Waals surface area contributed by atoms with Gasteiger partial charge >= 0.3 is 0 Å². The number of halogens is 1. The summed E-state index contributed by atoms with van der Waals surface area (Å²) >= 11 is 0. The lowest BCUT2D eigenvalue weighted by Crippen LogP contribution is -2.32. The molecule has 124 valence electrons. The Balaban J connectivity index is 1.44. The number of likely N-dealkylation sites (tertiary alicyclic amines) is 1. The van der Waals surface area contributed by atoms with Gasteiger partial charge in [-0.1, -0.05) is 0 Å². The molecule has 1 atom stereocenters. The summed E-state index contributed by atoms with van der Waals surface area (Å²) in [5.41, 5.74) is 0.838. The van der Waals surface area contributed by atoms with Crippen LogP contribution >= 0.6 is 0 Å². The first-order valence-electron chi connectivity index (χ1n) is 8.20. The average Bonchev–Trinajstić information content (AvgIpc) is 3.32. The first-order chi connectivity index (χ1) is 11.8. The number of rotatable bonds is 5. The van der Waals surface area contributed by atoms with Crippen molar-refractivity contribution in [2.75, 3.05) is 6.54 Å². The van der Waals surface area contributed by atoms with Crippen LogP contribution in [0.4, 0.5) is 4.39 Å². The van der Waals surface area contributed by atoms with Crippen LogP contribution in [0.15, 0.2) is 53.3 Å². The number of oxazole rings is 1. The summed E-state index contributed by atoms with van der Waals surface area (Å²) in [6.45, 7) is 2.62. The molecule has 1 aromatic carbocycles. The summed E-state index contributed by atoms with van der Waals surface area (Å²) in [6, 6.07) is 8.66. The third kappa shape index (κ3) is 3.23. The highest BCUT2D eigenvalue weighted by Crippen LogP contribution is 2.24. The van der Waals surface area contributed by atoms with Crippen LogP contribution in [0, 0.1) is 5.82 Å². The van der Waals surface area contributed by atoms with E-state index in [4.69, 9.17) is 4.42 Å². The van der Waals surface area contributed by atoms with E-state index in [0.717, 1.165) is 25.1 Å². The second-order valence-corrected chi connectivity index (χ2v) is 6.12. The van der Waals surface area contributed by atoms with Crippen molar-refractivity contribution < 1.29 is 8.81 Å². The van der Waals surface area contributed by atoms with Crippen molar-refractivity contribution >= 4 is 0 Å². The highest BCUT2D eigenvalue weighted by Gasteiger charge is 2.26. The van der Waals surface area contributed by atoms with Gasteiger partial charge in [0.05, 0.1) is 19.3 Å². The van der Waals surface area contributed by atoms with Gasteiger partial charge < -0.3 is 4.42 Å². The molecule has 0 spiro atoms. The Hall–Kier alpha value is -2.47. The fraction of sp³-hybridized carbons (Fsp3) is 0.333. The molecule has 0 N–H and O–H groups in total. The number of aromatic nitrogens is 3. The Labute approximate surface area is 139 Å². The van der Waals surface area contributed by atoms with E-state index in [-0.39, 0.29) is 5.82 Å². The predicted molar refractivity (Wildman–Crippen MR) is 87.6 cm³/mol. The van der Waals surface area contributed by atoms with Gasteiger partial charge in [0.15, 0.2) is 5.76 Å². The molecule has 4 rings (SSSR count). The fourth-order valence-electron chi connectivity index (χ4n) is 3.24. The lowest BCUT2D eigenvalue weighted by atomic mass is 10.2. The largest absolute Gasteiger partial charge is 0.439 e. The van der Waals surface area contributed by atoms with Gasteiger partial charge in [-0.25, -0.2) is 9.37 Å².